The zero-order valence-electron chi connectivity index (χ0n) is 16.6. The van der Waals surface area contributed by atoms with Crippen molar-refractivity contribution in [2.45, 2.75) is 24.7 Å². The van der Waals surface area contributed by atoms with E-state index in [-0.39, 0.29) is 12.5 Å². The minimum absolute atomic E-state index is 0.0805. The molecule has 1 aliphatic heterocycles. The standard InChI is InChI=1S/C21H27N3O4S/c1-2-22-21(23-12-6-14-29(25,26)18-7-4-3-5-8-18)24-13-11-17-9-10-19-20(15-17)28-16-27-19/h3-5,7-10,15H,2,6,11-14,16H2,1H3,(H2,22,23,24). The lowest BCUT2D eigenvalue weighted by molar-refractivity contribution is 0.174. The number of hydrogen-bond donors (Lipinski definition) is 2. The van der Waals surface area contributed by atoms with Gasteiger partial charge >= 0.3 is 0 Å². The van der Waals surface area contributed by atoms with Crippen LogP contribution in [0.3, 0.4) is 0 Å². The number of nitrogens with zero attached hydrogens (tertiary/aromatic N) is 1. The molecule has 1 aliphatic rings. The van der Waals surface area contributed by atoms with E-state index in [9.17, 15) is 8.42 Å². The van der Waals surface area contributed by atoms with Crippen molar-refractivity contribution in [3.05, 3.63) is 54.1 Å². The number of nitrogens with one attached hydrogen (secondary N) is 2. The highest BCUT2D eigenvalue weighted by Gasteiger charge is 2.14. The van der Waals surface area contributed by atoms with Crippen molar-refractivity contribution in [1.29, 1.82) is 0 Å². The van der Waals surface area contributed by atoms with Gasteiger partial charge in [-0.3, -0.25) is 4.99 Å². The molecule has 0 bridgehead atoms. The van der Waals surface area contributed by atoms with Gasteiger partial charge in [0.25, 0.3) is 0 Å². The van der Waals surface area contributed by atoms with Crippen LogP contribution in [0.15, 0.2) is 58.4 Å². The van der Waals surface area contributed by atoms with Crippen LogP contribution in [0.5, 0.6) is 11.5 Å². The highest BCUT2D eigenvalue weighted by Crippen LogP contribution is 2.32. The summed E-state index contributed by atoms with van der Waals surface area (Å²) < 4.78 is 35.4. The lowest BCUT2D eigenvalue weighted by Crippen LogP contribution is -2.38. The molecule has 1 heterocycles. The Bertz CT molecular complexity index is 930. The number of ether oxygens (including phenoxy) is 2. The van der Waals surface area contributed by atoms with E-state index in [4.69, 9.17) is 9.47 Å². The van der Waals surface area contributed by atoms with E-state index in [1.54, 1.807) is 30.3 Å². The van der Waals surface area contributed by atoms with E-state index in [2.05, 4.69) is 15.6 Å². The summed E-state index contributed by atoms with van der Waals surface area (Å²) in [7, 11) is -3.26. The molecule has 0 saturated carbocycles. The van der Waals surface area contributed by atoms with Gasteiger partial charge in [0.2, 0.25) is 6.79 Å². The Balaban J connectivity index is 1.46. The molecule has 0 atom stereocenters. The average Bonchev–Trinajstić information content (AvgIpc) is 3.20. The fourth-order valence-corrected chi connectivity index (χ4v) is 4.27. The van der Waals surface area contributed by atoms with Crippen molar-refractivity contribution in [2.24, 2.45) is 4.99 Å². The van der Waals surface area contributed by atoms with Gasteiger partial charge in [0, 0.05) is 19.6 Å². The van der Waals surface area contributed by atoms with Gasteiger partial charge in [-0.25, -0.2) is 8.42 Å². The van der Waals surface area contributed by atoms with Gasteiger partial charge in [-0.15, -0.1) is 0 Å². The molecule has 8 heteroatoms. The Morgan fingerprint density at radius 1 is 1.07 bits per heavy atom. The fraction of sp³-hybridized carbons (Fsp3) is 0.381. The molecule has 0 aromatic heterocycles. The third-order valence-electron chi connectivity index (χ3n) is 4.43. The summed E-state index contributed by atoms with van der Waals surface area (Å²) in [5.74, 6) is 2.33. The number of fused-ring (bicyclic) bond motifs is 1. The molecule has 0 amide bonds. The van der Waals surface area contributed by atoms with Gasteiger partial charge in [0.1, 0.15) is 0 Å². The van der Waals surface area contributed by atoms with Crippen LogP contribution in [-0.4, -0.2) is 46.6 Å². The summed E-state index contributed by atoms with van der Waals surface area (Å²) in [6, 6.07) is 14.5. The minimum atomic E-state index is -3.26. The first-order valence-corrected chi connectivity index (χ1v) is 11.4. The van der Waals surface area contributed by atoms with Crippen LogP contribution in [0, 0.1) is 0 Å². The van der Waals surface area contributed by atoms with Crippen molar-refractivity contribution in [2.75, 3.05) is 32.2 Å². The van der Waals surface area contributed by atoms with E-state index < -0.39 is 9.84 Å². The average molecular weight is 418 g/mol. The number of benzene rings is 2. The van der Waals surface area contributed by atoms with Gasteiger partial charge in [-0.2, -0.15) is 0 Å². The Morgan fingerprint density at radius 2 is 1.86 bits per heavy atom. The Hall–Kier alpha value is -2.74. The molecule has 0 fully saturated rings. The smallest absolute Gasteiger partial charge is 0.231 e. The van der Waals surface area contributed by atoms with E-state index in [1.807, 2.05) is 25.1 Å². The third kappa shape index (κ3) is 6.12. The van der Waals surface area contributed by atoms with Gasteiger partial charge < -0.3 is 20.1 Å². The van der Waals surface area contributed by atoms with Crippen LogP contribution < -0.4 is 20.1 Å². The van der Waals surface area contributed by atoms with Gasteiger partial charge in [0.05, 0.1) is 10.6 Å². The number of hydrogen-bond acceptors (Lipinski definition) is 5. The highest BCUT2D eigenvalue weighted by atomic mass is 32.2. The lowest BCUT2D eigenvalue weighted by atomic mass is 10.1. The Labute approximate surface area is 172 Å². The molecule has 29 heavy (non-hydrogen) atoms. The van der Waals surface area contributed by atoms with Gasteiger partial charge in [0.15, 0.2) is 27.3 Å². The minimum Gasteiger partial charge on any atom is -0.454 e. The van der Waals surface area contributed by atoms with E-state index in [0.29, 0.717) is 30.4 Å². The molecule has 0 aliphatic carbocycles. The van der Waals surface area contributed by atoms with Crippen molar-refractivity contribution in [1.82, 2.24) is 10.6 Å². The predicted molar refractivity (Wildman–Crippen MR) is 113 cm³/mol. The normalized spacial score (nSPS) is 13.3. The molecule has 0 spiro atoms. The first kappa shape index (κ1) is 21.0. The molecule has 2 aromatic rings. The molecular weight excluding hydrogens is 390 g/mol. The number of rotatable bonds is 9. The maximum atomic E-state index is 12.3. The highest BCUT2D eigenvalue weighted by molar-refractivity contribution is 7.91. The Morgan fingerprint density at radius 3 is 2.66 bits per heavy atom. The van der Waals surface area contributed by atoms with Crippen molar-refractivity contribution >= 4 is 15.8 Å². The summed E-state index contributed by atoms with van der Waals surface area (Å²) >= 11 is 0. The van der Waals surface area contributed by atoms with Crippen LogP contribution in [0.4, 0.5) is 0 Å². The van der Waals surface area contributed by atoms with Crippen molar-refractivity contribution in [3.8, 4) is 11.5 Å². The fourth-order valence-electron chi connectivity index (χ4n) is 2.95. The van der Waals surface area contributed by atoms with Crippen molar-refractivity contribution < 1.29 is 17.9 Å². The second-order valence-electron chi connectivity index (χ2n) is 6.61. The summed E-state index contributed by atoms with van der Waals surface area (Å²) in [6.07, 6.45) is 1.28. The molecule has 0 saturated heterocycles. The van der Waals surface area contributed by atoms with Gasteiger partial charge in [-0.05, 0) is 49.6 Å². The van der Waals surface area contributed by atoms with E-state index >= 15 is 0 Å². The second-order valence-corrected chi connectivity index (χ2v) is 8.72. The summed E-state index contributed by atoms with van der Waals surface area (Å²) in [5.41, 5.74) is 1.14. The third-order valence-corrected chi connectivity index (χ3v) is 6.25. The van der Waals surface area contributed by atoms with Crippen LogP contribution in [0.2, 0.25) is 0 Å². The largest absolute Gasteiger partial charge is 0.454 e. The maximum absolute atomic E-state index is 12.3. The number of aliphatic imine (C=N–C) groups is 1. The Kier molecular flexibility index (Phi) is 7.35. The predicted octanol–water partition coefficient (Wildman–Crippen LogP) is 2.38. The van der Waals surface area contributed by atoms with E-state index in [1.165, 1.54) is 0 Å². The first-order chi connectivity index (χ1) is 14.1. The SMILES string of the molecule is CCNC(=NCCCS(=O)(=O)c1ccccc1)NCCc1ccc2c(c1)OCO2. The molecule has 2 N–H and O–H groups in total. The van der Waals surface area contributed by atoms with Crippen LogP contribution >= 0.6 is 0 Å². The summed E-state index contributed by atoms with van der Waals surface area (Å²) in [4.78, 5) is 4.84. The zero-order chi connectivity index (χ0) is 20.5. The number of guanidine groups is 1. The quantitative estimate of drug-likeness (QED) is 0.370. The molecule has 156 valence electrons. The summed E-state index contributed by atoms with van der Waals surface area (Å²) in [6.45, 7) is 4.14. The number of sulfone groups is 1. The molecule has 0 unspecified atom stereocenters. The summed E-state index contributed by atoms with van der Waals surface area (Å²) in [5, 5.41) is 6.47. The van der Waals surface area contributed by atoms with Crippen LogP contribution in [-0.2, 0) is 16.3 Å². The lowest BCUT2D eigenvalue weighted by Gasteiger charge is -2.11. The molecule has 0 radical (unpaired) electrons. The van der Waals surface area contributed by atoms with Crippen molar-refractivity contribution in [3.63, 3.8) is 0 Å². The first-order valence-electron chi connectivity index (χ1n) is 9.77. The van der Waals surface area contributed by atoms with Crippen LogP contribution in [0.25, 0.3) is 0 Å². The maximum Gasteiger partial charge on any atom is 0.231 e. The van der Waals surface area contributed by atoms with Gasteiger partial charge in [-0.1, -0.05) is 24.3 Å². The second kappa shape index (κ2) is 10.2. The van der Waals surface area contributed by atoms with Crippen LogP contribution in [0.1, 0.15) is 18.9 Å². The van der Waals surface area contributed by atoms with E-state index in [0.717, 1.165) is 30.0 Å². The zero-order valence-corrected chi connectivity index (χ0v) is 17.4. The molecular formula is C21H27N3O4S. The topological polar surface area (TPSA) is 89.0 Å². The molecule has 2 aromatic carbocycles. The molecule has 3 rings (SSSR count). The molecule has 7 nitrogen and oxygen atoms in total. The monoisotopic (exact) mass is 417 g/mol.